The van der Waals surface area contributed by atoms with Crippen molar-refractivity contribution in [1.29, 1.82) is 0 Å². The van der Waals surface area contributed by atoms with Crippen LogP contribution >= 0.6 is 0 Å². The molecule has 0 atom stereocenters. The predicted octanol–water partition coefficient (Wildman–Crippen LogP) is 1.86. The third kappa shape index (κ3) is 3.98. The van der Waals surface area contributed by atoms with Gasteiger partial charge in [0.15, 0.2) is 5.82 Å². The van der Waals surface area contributed by atoms with Gasteiger partial charge in [0.25, 0.3) is 0 Å². The first-order valence-corrected chi connectivity index (χ1v) is 7.46. The van der Waals surface area contributed by atoms with E-state index in [1.165, 1.54) is 6.08 Å². The van der Waals surface area contributed by atoms with Crippen LogP contribution in [-0.2, 0) is 9.53 Å². The van der Waals surface area contributed by atoms with Crippen LogP contribution in [0, 0.1) is 0 Å². The number of hydrogen-bond acceptors (Lipinski definition) is 5. The highest BCUT2D eigenvalue weighted by Crippen LogP contribution is 2.29. The smallest absolute Gasteiger partial charge is 0.328 e. The average Bonchev–Trinajstić information content (AvgIpc) is 2.52. The lowest BCUT2D eigenvalue weighted by Crippen LogP contribution is -2.38. The van der Waals surface area contributed by atoms with Crippen molar-refractivity contribution in [3.05, 3.63) is 23.9 Å². The summed E-state index contributed by atoms with van der Waals surface area (Å²) >= 11 is 0. The van der Waals surface area contributed by atoms with Crippen molar-refractivity contribution in [2.45, 2.75) is 19.9 Å². The van der Waals surface area contributed by atoms with Crippen LogP contribution in [0.3, 0.4) is 0 Å². The Bertz CT molecular complexity index is 552. The summed E-state index contributed by atoms with van der Waals surface area (Å²) in [4.78, 5) is 19.7. The summed E-state index contributed by atoms with van der Waals surface area (Å²) in [5.41, 5.74) is 1.70. The number of anilines is 2. The molecule has 0 amide bonds. The van der Waals surface area contributed by atoms with Gasteiger partial charge in [0, 0.05) is 32.3 Å². The van der Waals surface area contributed by atoms with Crippen LogP contribution in [0.4, 0.5) is 11.5 Å². The monoisotopic (exact) mass is 305 g/mol. The Morgan fingerprint density at radius 3 is 2.68 bits per heavy atom. The molecule has 1 aliphatic heterocycles. The molecule has 6 heteroatoms. The van der Waals surface area contributed by atoms with Gasteiger partial charge in [0.1, 0.15) is 0 Å². The summed E-state index contributed by atoms with van der Waals surface area (Å²) in [5.74, 6) is -0.109. The number of carboxylic acids is 1. The number of nitrogens with zero attached hydrogens (tertiary/aromatic N) is 3. The van der Waals surface area contributed by atoms with Gasteiger partial charge in [-0.15, -0.1) is 0 Å². The maximum absolute atomic E-state index is 10.7. The molecule has 0 aromatic carbocycles. The van der Waals surface area contributed by atoms with Gasteiger partial charge in [-0.2, -0.15) is 0 Å². The molecule has 2 heterocycles. The summed E-state index contributed by atoms with van der Waals surface area (Å²) in [6, 6.07) is 4.15. The molecule has 1 aromatic heterocycles. The molecule has 6 nitrogen and oxygen atoms in total. The van der Waals surface area contributed by atoms with Gasteiger partial charge in [-0.1, -0.05) is 0 Å². The zero-order valence-electron chi connectivity index (χ0n) is 13.3. The van der Waals surface area contributed by atoms with Crippen LogP contribution in [0.2, 0.25) is 0 Å². The number of carboxylic acid groups (broad SMARTS) is 1. The highest BCUT2D eigenvalue weighted by molar-refractivity contribution is 5.85. The molecule has 1 N–H and O–H groups in total. The van der Waals surface area contributed by atoms with Gasteiger partial charge in [0.05, 0.1) is 24.6 Å². The van der Waals surface area contributed by atoms with E-state index in [-0.39, 0.29) is 0 Å². The zero-order valence-corrected chi connectivity index (χ0v) is 13.3. The summed E-state index contributed by atoms with van der Waals surface area (Å²) in [6.45, 7) is 7.31. The third-order valence-electron chi connectivity index (χ3n) is 3.73. The van der Waals surface area contributed by atoms with Crippen LogP contribution < -0.4 is 9.80 Å². The summed E-state index contributed by atoms with van der Waals surface area (Å²) < 4.78 is 5.41. The molecule has 0 unspecified atom stereocenters. The van der Waals surface area contributed by atoms with Gasteiger partial charge < -0.3 is 19.6 Å². The molecule has 0 aliphatic carbocycles. The number of ether oxygens (including phenoxy) is 1. The van der Waals surface area contributed by atoms with Gasteiger partial charge in [0.2, 0.25) is 0 Å². The minimum atomic E-state index is -0.974. The first kappa shape index (κ1) is 16.3. The summed E-state index contributed by atoms with van der Waals surface area (Å²) in [6.07, 6.45) is 2.62. The molecule has 0 bridgehead atoms. The number of aromatic nitrogens is 1. The Balaban J connectivity index is 2.37. The molecule has 22 heavy (non-hydrogen) atoms. The molecule has 0 saturated carbocycles. The van der Waals surface area contributed by atoms with E-state index in [9.17, 15) is 4.79 Å². The SMILES string of the molecule is CC(C)N(C)c1nc(/C=C/C(=O)O)ccc1N1CCOCC1. The molecule has 0 radical (unpaired) electrons. The van der Waals surface area contributed by atoms with Crippen LogP contribution in [0.5, 0.6) is 0 Å². The minimum absolute atomic E-state index is 0.297. The lowest BCUT2D eigenvalue weighted by Gasteiger charge is -2.33. The quantitative estimate of drug-likeness (QED) is 0.838. The highest BCUT2D eigenvalue weighted by Gasteiger charge is 2.19. The maximum atomic E-state index is 10.7. The number of carbonyl (C=O) groups is 1. The molecule has 1 aliphatic rings. The second-order valence-corrected chi connectivity index (χ2v) is 5.55. The second-order valence-electron chi connectivity index (χ2n) is 5.55. The van der Waals surface area contributed by atoms with Crippen molar-refractivity contribution in [3.63, 3.8) is 0 Å². The van der Waals surface area contributed by atoms with Crippen LogP contribution in [0.25, 0.3) is 6.08 Å². The van der Waals surface area contributed by atoms with E-state index in [2.05, 4.69) is 28.6 Å². The molecule has 0 spiro atoms. The van der Waals surface area contributed by atoms with Gasteiger partial charge >= 0.3 is 5.97 Å². The maximum Gasteiger partial charge on any atom is 0.328 e. The zero-order chi connectivity index (χ0) is 16.1. The molecule has 2 rings (SSSR count). The first-order valence-electron chi connectivity index (χ1n) is 7.46. The average molecular weight is 305 g/mol. The number of pyridine rings is 1. The van der Waals surface area contributed by atoms with E-state index in [1.807, 2.05) is 19.2 Å². The van der Waals surface area contributed by atoms with E-state index < -0.39 is 5.97 Å². The number of aliphatic carboxylic acids is 1. The van der Waals surface area contributed by atoms with E-state index in [0.717, 1.165) is 30.7 Å². The predicted molar refractivity (Wildman–Crippen MR) is 87.5 cm³/mol. The van der Waals surface area contributed by atoms with Crippen molar-refractivity contribution < 1.29 is 14.6 Å². The lowest BCUT2D eigenvalue weighted by atomic mass is 10.2. The minimum Gasteiger partial charge on any atom is -0.478 e. The molecular weight excluding hydrogens is 282 g/mol. The Morgan fingerprint density at radius 2 is 2.09 bits per heavy atom. The molecule has 1 fully saturated rings. The third-order valence-corrected chi connectivity index (χ3v) is 3.73. The topological polar surface area (TPSA) is 65.9 Å². The fraction of sp³-hybridized carbons (Fsp3) is 0.500. The Hall–Kier alpha value is -2.08. The molecule has 120 valence electrons. The Morgan fingerprint density at radius 1 is 1.41 bits per heavy atom. The van der Waals surface area contributed by atoms with Crippen molar-refractivity contribution in [1.82, 2.24) is 4.98 Å². The Labute approximate surface area is 131 Å². The van der Waals surface area contributed by atoms with Crippen molar-refractivity contribution >= 4 is 23.6 Å². The van der Waals surface area contributed by atoms with Crippen molar-refractivity contribution in [3.8, 4) is 0 Å². The number of rotatable bonds is 5. The molecular formula is C16H23N3O3. The van der Waals surface area contributed by atoms with E-state index in [1.54, 1.807) is 0 Å². The normalized spacial score (nSPS) is 15.5. The van der Waals surface area contributed by atoms with Gasteiger partial charge in [-0.05, 0) is 32.1 Å². The highest BCUT2D eigenvalue weighted by atomic mass is 16.5. The van der Waals surface area contributed by atoms with E-state index in [0.29, 0.717) is 24.9 Å². The van der Waals surface area contributed by atoms with Gasteiger partial charge in [-0.25, -0.2) is 9.78 Å². The van der Waals surface area contributed by atoms with Gasteiger partial charge in [-0.3, -0.25) is 0 Å². The van der Waals surface area contributed by atoms with Crippen LogP contribution in [0.1, 0.15) is 19.5 Å². The number of hydrogen-bond donors (Lipinski definition) is 1. The van der Waals surface area contributed by atoms with Crippen molar-refractivity contribution in [2.75, 3.05) is 43.2 Å². The summed E-state index contributed by atoms with van der Waals surface area (Å²) in [5, 5.41) is 8.75. The summed E-state index contributed by atoms with van der Waals surface area (Å²) in [7, 11) is 2.00. The van der Waals surface area contributed by atoms with Crippen LogP contribution in [-0.4, -0.2) is 55.5 Å². The fourth-order valence-corrected chi connectivity index (χ4v) is 2.26. The standard InChI is InChI=1S/C16H23N3O3/c1-12(2)18(3)16-14(19-8-10-22-11-9-19)6-4-13(17-16)5-7-15(20)21/h4-7,12H,8-11H2,1-3H3,(H,20,21)/b7-5+. The van der Waals surface area contributed by atoms with E-state index >= 15 is 0 Å². The molecule has 1 saturated heterocycles. The first-order chi connectivity index (χ1) is 10.5. The van der Waals surface area contributed by atoms with Crippen LogP contribution in [0.15, 0.2) is 18.2 Å². The van der Waals surface area contributed by atoms with E-state index in [4.69, 9.17) is 9.84 Å². The molecule has 1 aromatic rings. The fourth-order valence-electron chi connectivity index (χ4n) is 2.26. The second kappa shape index (κ2) is 7.26. The number of morpholine rings is 1. The Kier molecular flexibility index (Phi) is 5.38. The lowest BCUT2D eigenvalue weighted by molar-refractivity contribution is -0.131. The van der Waals surface area contributed by atoms with Crippen molar-refractivity contribution in [2.24, 2.45) is 0 Å². The largest absolute Gasteiger partial charge is 0.478 e.